The Morgan fingerprint density at radius 3 is 2.56 bits per heavy atom. The Bertz CT molecular complexity index is 457. The van der Waals surface area contributed by atoms with E-state index in [0.717, 1.165) is 0 Å². The second kappa shape index (κ2) is 5.59. The van der Waals surface area contributed by atoms with Gasteiger partial charge < -0.3 is 15.2 Å². The lowest BCUT2D eigenvalue weighted by molar-refractivity contribution is 0.0594. The van der Waals surface area contributed by atoms with Crippen LogP contribution >= 0.6 is 0 Å². The van der Waals surface area contributed by atoms with Gasteiger partial charge in [-0.1, -0.05) is 6.07 Å². The van der Waals surface area contributed by atoms with Gasteiger partial charge >= 0.3 is 5.97 Å². The standard InChI is InChI=1S/C12H16N2O4/c1-12(2,7-15)14-10(16)8-5-4-6-9(13-8)11(17)18-3/h4-6,15H,7H2,1-3H3,(H,14,16). The first kappa shape index (κ1) is 14.1. The molecule has 1 heterocycles. The van der Waals surface area contributed by atoms with Crippen molar-refractivity contribution >= 4 is 11.9 Å². The minimum atomic E-state index is -0.750. The highest BCUT2D eigenvalue weighted by Gasteiger charge is 2.21. The molecule has 0 aromatic carbocycles. The zero-order valence-corrected chi connectivity index (χ0v) is 10.6. The predicted octanol–water partition coefficient (Wildman–Crippen LogP) is 0.369. The van der Waals surface area contributed by atoms with Crippen molar-refractivity contribution in [1.82, 2.24) is 10.3 Å². The number of esters is 1. The highest BCUT2D eigenvalue weighted by Crippen LogP contribution is 2.05. The topological polar surface area (TPSA) is 88.5 Å². The number of aromatic nitrogens is 1. The summed E-state index contributed by atoms with van der Waals surface area (Å²) in [5.41, 5.74) is -0.591. The third-order valence-corrected chi connectivity index (χ3v) is 2.22. The molecule has 0 unspecified atom stereocenters. The van der Waals surface area contributed by atoms with Crippen LogP contribution in [0.4, 0.5) is 0 Å². The van der Waals surface area contributed by atoms with Gasteiger partial charge in [0.1, 0.15) is 11.4 Å². The molecule has 1 aromatic heterocycles. The number of ether oxygens (including phenoxy) is 1. The van der Waals surface area contributed by atoms with Crippen molar-refractivity contribution in [2.75, 3.05) is 13.7 Å². The molecule has 0 bridgehead atoms. The van der Waals surface area contributed by atoms with Crippen LogP contribution in [0, 0.1) is 0 Å². The molecule has 0 aliphatic rings. The van der Waals surface area contributed by atoms with Gasteiger partial charge in [-0.2, -0.15) is 0 Å². The SMILES string of the molecule is COC(=O)c1cccc(C(=O)NC(C)(C)CO)n1. The van der Waals surface area contributed by atoms with Crippen LogP contribution in [-0.2, 0) is 4.74 Å². The molecule has 0 spiro atoms. The summed E-state index contributed by atoms with van der Waals surface area (Å²) in [6.07, 6.45) is 0. The van der Waals surface area contributed by atoms with Crippen molar-refractivity contribution in [2.45, 2.75) is 19.4 Å². The first-order valence-corrected chi connectivity index (χ1v) is 5.38. The number of hydrogen-bond donors (Lipinski definition) is 2. The largest absolute Gasteiger partial charge is 0.464 e. The molecule has 0 radical (unpaired) electrons. The van der Waals surface area contributed by atoms with Crippen molar-refractivity contribution in [2.24, 2.45) is 0 Å². The van der Waals surface area contributed by atoms with E-state index in [9.17, 15) is 9.59 Å². The van der Waals surface area contributed by atoms with E-state index in [0.29, 0.717) is 0 Å². The van der Waals surface area contributed by atoms with Crippen LogP contribution in [0.3, 0.4) is 0 Å². The number of amides is 1. The molecule has 0 saturated heterocycles. The molecule has 18 heavy (non-hydrogen) atoms. The molecule has 0 fully saturated rings. The summed E-state index contributed by atoms with van der Waals surface area (Å²) in [7, 11) is 1.24. The molecule has 0 aliphatic carbocycles. The Morgan fingerprint density at radius 2 is 2.00 bits per heavy atom. The number of pyridine rings is 1. The number of aliphatic hydroxyl groups is 1. The van der Waals surface area contributed by atoms with Crippen LogP contribution in [-0.4, -0.2) is 41.2 Å². The lowest BCUT2D eigenvalue weighted by atomic mass is 10.1. The van der Waals surface area contributed by atoms with Crippen LogP contribution in [0.2, 0.25) is 0 Å². The maximum absolute atomic E-state index is 11.8. The van der Waals surface area contributed by atoms with Crippen molar-refractivity contribution in [3.05, 3.63) is 29.6 Å². The fraction of sp³-hybridized carbons (Fsp3) is 0.417. The van der Waals surface area contributed by atoms with Gasteiger partial charge in [0.05, 0.1) is 19.3 Å². The summed E-state index contributed by atoms with van der Waals surface area (Å²) in [4.78, 5) is 27.0. The van der Waals surface area contributed by atoms with E-state index in [1.165, 1.54) is 19.2 Å². The molecule has 0 aliphatic heterocycles. The smallest absolute Gasteiger partial charge is 0.356 e. The van der Waals surface area contributed by atoms with Gasteiger partial charge in [-0.15, -0.1) is 0 Å². The van der Waals surface area contributed by atoms with E-state index in [2.05, 4.69) is 15.0 Å². The fourth-order valence-corrected chi connectivity index (χ4v) is 1.19. The van der Waals surface area contributed by atoms with Gasteiger partial charge in [0.25, 0.3) is 5.91 Å². The van der Waals surface area contributed by atoms with Crippen LogP contribution in [0.1, 0.15) is 34.8 Å². The molecule has 98 valence electrons. The molecule has 1 amide bonds. The van der Waals surface area contributed by atoms with Gasteiger partial charge in [-0.3, -0.25) is 4.79 Å². The van der Waals surface area contributed by atoms with E-state index in [1.807, 2.05) is 0 Å². The molecule has 0 saturated carbocycles. The van der Waals surface area contributed by atoms with Crippen molar-refractivity contribution in [1.29, 1.82) is 0 Å². The van der Waals surface area contributed by atoms with Crippen molar-refractivity contribution in [3.8, 4) is 0 Å². The maximum Gasteiger partial charge on any atom is 0.356 e. The van der Waals surface area contributed by atoms with Crippen molar-refractivity contribution in [3.63, 3.8) is 0 Å². The Hall–Kier alpha value is -1.95. The highest BCUT2D eigenvalue weighted by molar-refractivity contribution is 5.94. The maximum atomic E-state index is 11.8. The van der Waals surface area contributed by atoms with Crippen LogP contribution in [0.25, 0.3) is 0 Å². The summed E-state index contributed by atoms with van der Waals surface area (Å²) in [5.74, 6) is -1.06. The molecule has 0 atom stereocenters. The third kappa shape index (κ3) is 3.53. The van der Waals surface area contributed by atoms with Crippen LogP contribution < -0.4 is 5.32 Å². The number of methoxy groups -OCH3 is 1. The summed E-state index contributed by atoms with van der Waals surface area (Å²) in [6, 6.07) is 4.48. The van der Waals surface area contributed by atoms with Gasteiger partial charge in [0.2, 0.25) is 0 Å². The quantitative estimate of drug-likeness (QED) is 0.756. The van der Waals surface area contributed by atoms with Crippen LogP contribution in [0.5, 0.6) is 0 Å². The summed E-state index contributed by atoms with van der Waals surface area (Å²) in [5, 5.41) is 11.7. The van der Waals surface area contributed by atoms with Crippen LogP contribution in [0.15, 0.2) is 18.2 Å². The van der Waals surface area contributed by atoms with Crippen molar-refractivity contribution < 1.29 is 19.4 Å². The first-order valence-electron chi connectivity index (χ1n) is 5.38. The molecule has 1 rings (SSSR count). The number of carbonyl (C=O) groups excluding carboxylic acids is 2. The number of hydrogen-bond acceptors (Lipinski definition) is 5. The van der Waals surface area contributed by atoms with E-state index in [-0.39, 0.29) is 18.0 Å². The minimum Gasteiger partial charge on any atom is -0.464 e. The second-order valence-electron chi connectivity index (χ2n) is 4.40. The molecular weight excluding hydrogens is 236 g/mol. The van der Waals surface area contributed by atoms with E-state index < -0.39 is 17.4 Å². The van der Waals surface area contributed by atoms with E-state index in [4.69, 9.17) is 5.11 Å². The number of nitrogens with zero attached hydrogens (tertiary/aromatic N) is 1. The second-order valence-corrected chi connectivity index (χ2v) is 4.40. The van der Waals surface area contributed by atoms with E-state index >= 15 is 0 Å². The lowest BCUT2D eigenvalue weighted by Crippen LogP contribution is -2.46. The van der Waals surface area contributed by atoms with Gasteiger partial charge in [-0.05, 0) is 26.0 Å². The fourth-order valence-electron chi connectivity index (χ4n) is 1.19. The summed E-state index contributed by atoms with van der Waals surface area (Å²) in [6.45, 7) is 3.15. The number of carbonyl (C=O) groups is 2. The third-order valence-electron chi connectivity index (χ3n) is 2.22. The average molecular weight is 252 g/mol. The molecule has 1 aromatic rings. The highest BCUT2D eigenvalue weighted by atomic mass is 16.5. The normalized spacial score (nSPS) is 10.9. The molecule has 2 N–H and O–H groups in total. The first-order chi connectivity index (χ1) is 8.39. The monoisotopic (exact) mass is 252 g/mol. The summed E-state index contributed by atoms with van der Waals surface area (Å²) >= 11 is 0. The van der Waals surface area contributed by atoms with Gasteiger partial charge in [-0.25, -0.2) is 9.78 Å². The Balaban J connectivity index is 2.90. The molecular formula is C12H16N2O4. The number of rotatable bonds is 4. The number of nitrogens with one attached hydrogen (secondary N) is 1. The zero-order valence-electron chi connectivity index (χ0n) is 10.6. The summed E-state index contributed by atoms with van der Waals surface area (Å²) < 4.78 is 4.52. The van der Waals surface area contributed by atoms with Gasteiger partial charge in [0.15, 0.2) is 0 Å². The van der Waals surface area contributed by atoms with E-state index in [1.54, 1.807) is 19.9 Å². The lowest BCUT2D eigenvalue weighted by Gasteiger charge is -2.23. The average Bonchev–Trinajstić information content (AvgIpc) is 2.37. The number of aliphatic hydroxyl groups excluding tert-OH is 1. The minimum absolute atomic E-state index is 0.0620. The molecule has 6 heteroatoms. The van der Waals surface area contributed by atoms with Gasteiger partial charge in [0, 0.05) is 0 Å². The zero-order chi connectivity index (χ0) is 13.8. The Morgan fingerprint density at radius 1 is 1.39 bits per heavy atom. The molecule has 6 nitrogen and oxygen atoms in total. The Labute approximate surface area is 105 Å². The predicted molar refractivity (Wildman–Crippen MR) is 64.2 cm³/mol. The Kier molecular flexibility index (Phi) is 4.38.